The lowest BCUT2D eigenvalue weighted by molar-refractivity contribution is -0.385. The van der Waals surface area contributed by atoms with Crippen molar-refractivity contribution in [2.45, 2.75) is 6.54 Å². The fraction of sp³-hybridized carbons (Fsp3) is 0.143. The molecule has 20 heavy (non-hydrogen) atoms. The van der Waals surface area contributed by atoms with Gasteiger partial charge >= 0.3 is 5.69 Å². The molecule has 0 saturated heterocycles. The van der Waals surface area contributed by atoms with E-state index in [4.69, 9.17) is 4.74 Å². The van der Waals surface area contributed by atoms with E-state index >= 15 is 0 Å². The third-order valence-electron chi connectivity index (χ3n) is 2.64. The Morgan fingerprint density at radius 2 is 2.05 bits per heavy atom. The largest absolute Gasteiger partial charge is 0.449 e. The molecule has 0 atom stereocenters. The van der Waals surface area contributed by atoms with E-state index in [2.05, 4.69) is 21.2 Å². The number of hydrogen-bond acceptors (Lipinski definition) is 4. The predicted octanol–water partition coefficient (Wildman–Crippen LogP) is 3.87. The first-order valence-corrected chi connectivity index (χ1v) is 6.75. The zero-order valence-electron chi connectivity index (χ0n) is 10.8. The van der Waals surface area contributed by atoms with Crippen LogP contribution in [-0.4, -0.2) is 12.0 Å². The summed E-state index contributed by atoms with van der Waals surface area (Å²) in [4.78, 5) is 10.6. The molecule has 0 aliphatic carbocycles. The van der Waals surface area contributed by atoms with Gasteiger partial charge in [0.2, 0.25) is 5.75 Å². The summed E-state index contributed by atoms with van der Waals surface area (Å²) >= 11 is 3.28. The molecule has 0 heterocycles. The van der Waals surface area contributed by atoms with Crippen LogP contribution in [0.5, 0.6) is 11.5 Å². The van der Waals surface area contributed by atoms with Crippen LogP contribution < -0.4 is 10.1 Å². The van der Waals surface area contributed by atoms with Crippen LogP contribution in [0.15, 0.2) is 46.9 Å². The Balaban J connectivity index is 2.34. The van der Waals surface area contributed by atoms with E-state index in [-0.39, 0.29) is 11.4 Å². The summed E-state index contributed by atoms with van der Waals surface area (Å²) in [5, 5.41) is 14.1. The molecule has 5 nitrogen and oxygen atoms in total. The van der Waals surface area contributed by atoms with Gasteiger partial charge in [0.25, 0.3) is 0 Å². The van der Waals surface area contributed by atoms with E-state index in [1.807, 2.05) is 25.2 Å². The summed E-state index contributed by atoms with van der Waals surface area (Å²) in [6, 6.07) is 12.1. The van der Waals surface area contributed by atoms with Crippen molar-refractivity contribution in [2.24, 2.45) is 0 Å². The van der Waals surface area contributed by atoms with Crippen molar-refractivity contribution in [3.05, 3.63) is 62.6 Å². The topological polar surface area (TPSA) is 64.4 Å². The molecular weight excluding hydrogens is 324 g/mol. The van der Waals surface area contributed by atoms with Gasteiger partial charge in [-0.2, -0.15) is 0 Å². The van der Waals surface area contributed by atoms with Crippen molar-refractivity contribution >= 4 is 21.6 Å². The highest BCUT2D eigenvalue weighted by Gasteiger charge is 2.18. The molecule has 0 saturated carbocycles. The molecule has 0 amide bonds. The number of nitro benzene ring substituents is 1. The molecule has 0 bridgehead atoms. The number of ether oxygens (including phenoxy) is 1. The van der Waals surface area contributed by atoms with Crippen molar-refractivity contribution < 1.29 is 9.66 Å². The summed E-state index contributed by atoms with van der Waals surface area (Å²) in [6.07, 6.45) is 0. The summed E-state index contributed by atoms with van der Waals surface area (Å²) < 4.78 is 6.22. The molecule has 0 aliphatic heterocycles. The van der Waals surface area contributed by atoms with Gasteiger partial charge in [0.1, 0.15) is 5.75 Å². The molecule has 0 radical (unpaired) electrons. The molecule has 0 spiro atoms. The summed E-state index contributed by atoms with van der Waals surface area (Å²) in [5.74, 6) is 0.770. The van der Waals surface area contributed by atoms with Crippen molar-refractivity contribution in [1.82, 2.24) is 5.32 Å². The van der Waals surface area contributed by atoms with Crippen molar-refractivity contribution in [3.63, 3.8) is 0 Å². The van der Waals surface area contributed by atoms with Gasteiger partial charge in [-0.1, -0.05) is 18.2 Å². The molecular formula is C14H13BrN2O3. The Labute approximate surface area is 124 Å². The van der Waals surface area contributed by atoms with E-state index in [9.17, 15) is 10.1 Å². The lowest BCUT2D eigenvalue weighted by Gasteiger charge is -2.09. The molecule has 0 unspecified atom stereocenters. The zero-order valence-corrected chi connectivity index (χ0v) is 12.4. The number of benzene rings is 2. The van der Waals surface area contributed by atoms with Crippen molar-refractivity contribution in [2.75, 3.05) is 7.05 Å². The fourth-order valence-corrected chi connectivity index (χ4v) is 2.22. The van der Waals surface area contributed by atoms with E-state index in [0.29, 0.717) is 16.8 Å². The normalized spacial score (nSPS) is 10.3. The highest BCUT2D eigenvalue weighted by Crippen LogP contribution is 2.37. The maximum Gasteiger partial charge on any atom is 0.312 e. The summed E-state index contributed by atoms with van der Waals surface area (Å²) in [6.45, 7) is 0.704. The molecule has 2 aromatic rings. The average Bonchev–Trinajstić information content (AvgIpc) is 2.41. The van der Waals surface area contributed by atoms with Crippen LogP contribution in [0.25, 0.3) is 0 Å². The third-order valence-corrected chi connectivity index (χ3v) is 3.27. The predicted molar refractivity (Wildman–Crippen MR) is 80.1 cm³/mol. The quantitative estimate of drug-likeness (QED) is 0.664. The maximum atomic E-state index is 11.0. The lowest BCUT2D eigenvalue weighted by atomic mass is 10.2. The Bertz CT molecular complexity index is 632. The highest BCUT2D eigenvalue weighted by molar-refractivity contribution is 9.10. The monoisotopic (exact) mass is 336 g/mol. The van der Waals surface area contributed by atoms with Crippen LogP contribution >= 0.6 is 15.9 Å². The fourth-order valence-electron chi connectivity index (χ4n) is 1.78. The average molecular weight is 337 g/mol. The van der Waals surface area contributed by atoms with Gasteiger partial charge in [0.05, 0.1) is 9.40 Å². The van der Waals surface area contributed by atoms with Gasteiger partial charge in [-0.25, -0.2) is 0 Å². The second-order valence-corrected chi connectivity index (χ2v) is 4.98. The van der Waals surface area contributed by atoms with Gasteiger partial charge in [-0.05, 0) is 46.7 Å². The van der Waals surface area contributed by atoms with E-state index in [1.54, 1.807) is 18.2 Å². The van der Waals surface area contributed by atoms with E-state index in [1.165, 1.54) is 6.07 Å². The van der Waals surface area contributed by atoms with Crippen LogP contribution in [0.1, 0.15) is 5.56 Å². The smallest absolute Gasteiger partial charge is 0.312 e. The first-order valence-electron chi connectivity index (χ1n) is 5.96. The molecule has 0 fully saturated rings. The minimum atomic E-state index is -0.461. The zero-order chi connectivity index (χ0) is 14.5. The first-order chi connectivity index (χ1) is 9.61. The molecule has 2 rings (SSSR count). The van der Waals surface area contributed by atoms with E-state index in [0.717, 1.165) is 5.56 Å². The van der Waals surface area contributed by atoms with Crippen LogP contribution in [0.2, 0.25) is 0 Å². The Kier molecular flexibility index (Phi) is 4.70. The Hall–Kier alpha value is -1.92. The summed E-state index contributed by atoms with van der Waals surface area (Å²) in [5.41, 5.74) is 0.970. The number of rotatable bonds is 5. The SMILES string of the molecule is CNCc1cccc(Oc2c(Br)cccc2[N+](=O)[O-])c1. The lowest BCUT2D eigenvalue weighted by Crippen LogP contribution is -2.04. The first kappa shape index (κ1) is 14.5. The van der Waals surface area contributed by atoms with Crippen molar-refractivity contribution in [1.29, 1.82) is 0 Å². The molecule has 6 heteroatoms. The number of nitrogens with one attached hydrogen (secondary N) is 1. The molecule has 1 N–H and O–H groups in total. The van der Waals surface area contributed by atoms with Gasteiger partial charge in [0.15, 0.2) is 0 Å². The molecule has 0 aromatic heterocycles. The Morgan fingerprint density at radius 1 is 1.30 bits per heavy atom. The second-order valence-electron chi connectivity index (χ2n) is 4.12. The van der Waals surface area contributed by atoms with Gasteiger partial charge in [-0.3, -0.25) is 10.1 Å². The van der Waals surface area contributed by atoms with Crippen molar-refractivity contribution in [3.8, 4) is 11.5 Å². The van der Waals surface area contributed by atoms with Gasteiger partial charge < -0.3 is 10.1 Å². The highest BCUT2D eigenvalue weighted by atomic mass is 79.9. The minimum Gasteiger partial charge on any atom is -0.449 e. The summed E-state index contributed by atoms with van der Waals surface area (Å²) in [7, 11) is 1.85. The maximum absolute atomic E-state index is 11.0. The minimum absolute atomic E-state index is 0.0709. The number of nitro groups is 1. The molecule has 0 aliphatic rings. The third kappa shape index (κ3) is 3.34. The van der Waals surface area contributed by atoms with Crippen LogP contribution in [-0.2, 0) is 6.54 Å². The molecule has 104 valence electrons. The number of hydrogen-bond donors (Lipinski definition) is 1. The number of nitrogens with zero attached hydrogens (tertiary/aromatic N) is 1. The standard InChI is InChI=1S/C14H13BrN2O3/c1-16-9-10-4-2-5-11(8-10)20-14-12(15)6-3-7-13(14)17(18)19/h2-8,16H,9H2,1H3. The van der Waals surface area contributed by atoms with Gasteiger partial charge in [-0.15, -0.1) is 0 Å². The Morgan fingerprint density at radius 3 is 2.75 bits per heavy atom. The van der Waals surface area contributed by atoms with Crippen LogP contribution in [0, 0.1) is 10.1 Å². The number of halogens is 1. The van der Waals surface area contributed by atoms with E-state index < -0.39 is 4.92 Å². The number of para-hydroxylation sites is 1. The molecule has 2 aromatic carbocycles. The van der Waals surface area contributed by atoms with Gasteiger partial charge in [0, 0.05) is 12.6 Å². The van der Waals surface area contributed by atoms with Crippen LogP contribution in [0.4, 0.5) is 5.69 Å². The second kappa shape index (κ2) is 6.49. The van der Waals surface area contributed by atoms with Crippen LogP contribution in [0.3, 0.4) is 0 Å².